The smallest absolute Gasteiger partial charge is 0.249 e. The molecule has 3 rings (SSSR count). The summed E-state index contributed by atoms with van der Waals surface area (Å²) in [6, 6.07) is 17.4. The lowest BCUT2D eigenvalue weighted by Gasteiger charge is -2.28. The highest BCUT2D eigenvalue weighted by atomic mass is 35.5. The third-order valence-electron chi connectivity index (χ3n) is 5.08. The van der Waals surface area contributed by atoms with Crippen molar-refractivity contribution < 1.29 is 9.21 Å². The monoisotopic (exact) mass is 426 g/mol. The van der Waals surface area contributed by atoms with Crippen LogP contribution in [-0.4, -0.2) is 46.0 Å². The van der Waals surface area contributed by atoms with Gasteiger partial charge in [-0.3, -0.25) is 9.69 Å². The highest BCUT2D eigenvalue weighted by Crippen LogP contribution is 2.26. The second-order valence-electron chi connectivity index (χ2n) is 7.28. The van der Waals surface area contributed by atoms with Crippen molar-refractivity contribution in [1.82, 2.24) is 20.0 Å². The fraction of sp³-hybridized carbons (Fsp3) is 0.348. The molecule has 0 aliphatic rings. The van der Waals surface area contributed by atoms with Crippen molar-refractivity contribution in [2.75, 3.05) is 20.1 Å². The van der Waals surface area contributed by atoms with E-state index < -0.39 is 0 Å². The Balaban J connectivity index is 1.66. The number of carbonyl (C=O) groups excluding carboxylic acids is 1. The summed E-state index contributed by atoms with van der Waals surface area (Å²) in [5, 5.41) is 8.83. The van der Waals surface area contributed by atoms with E-state index in [1.165, 1.54) is 0 Å². The maximum absolute atomic E-state index is 12.9. The molecule has 2 aromatic carbocycles. The van der Waals surface area contributed by atoms with Crippen molar-refractivity contribution in [3.8, 4) is 11.5 Å². The van der Waals surface area contributed by atoms with Crippen molar-refractivity contribution in [3.05, 3.63) is 71.1 Å². The van der Waals surface area contributed by atoms with Crippen LogP contribution in [0.1, 0.15) is 37.8 Å². The molecule has 0 saturated carbocycles. The largest absolute Gasteiger partial charge is 0.419 e. The first-order valence-electron chi connectivity index (χ1n) is 10.1. The van der Waals surface area contributed by atoms with Crippen molar-refractivity contribution in [1.29, 1.82) is 0 Å². The lowest BCUT2D eigenvalue weighted by molar-refractivity contribution is -0.133. The topological polar surface area (TPSA) is 62.5 Å². The molecule has 30 heavy (non-hydrogen) atoms. The lowest BCUT2D eigenvalue weighted by atomic mass is 10.1. The van der Waals surface area contributed by atoms with Gasteiger partial charge in [-0.05, 0) is 37.6 Å². The van der Waals surface area contributed by atoms with Gasteiger partial charge >= 0.3 is 0 Å². The van der Waals surface area contributed by atoms with Crippen LogP contribution >= 0.6 is 11.6 Å². The molecule has 1 atom stereocenters. The van der Waals surface area contributed by atoms with Gasteiger partial charge in [0.1, 0.15) is 0 Å². The quantitative estimate of drug-likeness (QED) is 0.490. The molecule has 0 saturated heterocycles. The van der Waals surface area contributed by atoms with Crippen LogP contribution in [-0.2, 0) is 11.3 Å². The van der Waals surface area contributed by atoms with Crippen LogP contribution in [0, 0.1) is 0 Å². The molecule has 0 N–H and O–H groups in total. The molecular weight excluding hydrogens is 400 g/mol. The minimum Gasteiger partial charge on any atom is -0.419 e. The standard InChI is InChI=1S/C23H27ClN4O2/c1-4-14-28(16-22(29)27(3)17(2)18-10-6-5-7-11-18)15-21-25-26-23(30-21)19-12-8-9-13-20(19)24/h5-13,17H,4,14-16H2,1-3H3. The highest BCUT2D eigenvalue weighted by Gasteiger charge is 2.21. The normalized spacial score (nSPS) is 12.2. The molecule has 7 heteroatoms. The zero-order chi connectivity index (χ0) is 21.5. The Morgan fingerprint density at radius 2 is 1.80 bits per heavy atom. The predicted octanol–water partition coefficient (Wildman–Crippen LogP) is 4.82. The zero-order valence-electron chi connectivity index (χ0n) is 17.6. The minimum atomic E-state index is -0.00240. The lowest BCUT2D eigenvalue weighted by Crippen LogP contribution is -2.39. The predicted molar refractivity (Wildman–Crippen MR) is 118 cm³/mol. The number of carbonyl (C=O) groups is 1. The van der Waals surface area contributed by atoms with Gasteiger partial charge < -0.3 is 9.32 Å². The summed E-state index contributed by atoms with van der Waals surface area (Å²) < 4.78 is 5.81. The van der Waals surface area contributed by atoms with Crippen LogP contribution in [0.15, 0.2) is 59.0 Å². The summed E-state index contributed by atoms with van der Waals surface area (Å²) in [5.74, 6) is 0.892. The summed E-state index contributed by atoms with van der Waals surface area (Å²) in [5.41, 5.74) is 1.81. The Labute approximate surface area is 182 Å². The van der Waals surface area contributed by atoms with E-state index in [-0.39, 0.29) is 18.5 Å². The van der Waals surface area contributed by atoms with Crippen molar-refractivity contribution >= 4 is 17.5 Å². The first kappa shape index (κ1) is 22.0. The number of rotatable bonds is 9. The minimum absolute atomic E-state index is 0.00240. The molecule has 0 aliphatic carbocycles. The molecular formula is C23H27ClN4O2. The molecule has 1 aromatic heterocycles. The number of aromatic nitrogens is 2. The van der Waals surface area contributed by atoms with E-state index in [4.69, 9.17) is 16.0 Å². The Morgan fingerprint density at radius 3 is 2.50 bits per heavy atom. The van der Waals surface area contributed by atoms with Crippen LogP contribution in [0.5, 0.6) is 0 Å². The van der Waals surface area contributed by atoms with Crippen molar-refractivity contribution in [2.45, 2.75) is 32.9 Å². The van der Waals surface area contributed by atoms with E-state index in [2.05, 4.69) is 17.1 Å². The summed E-state index contributed by atoms with van der Waals surface area (Å²) in [6.07, 6.45) is 0.913. The van der Waals surface area contributed by atoms with E-state index in [1.807, 2.05) is 67.4 Å². The van der Waals surface area contributed by atoms with Gasteiger partial charge in [0.25, 0.3) is 0 Å². The molecule has 1 unspecified atom stereocenters. The number of amides is 1. The summed E-state index contributed by atoms with van der Waals surface area (Å²) >= 11 is 6.22. The Bertz CT molecular complexity index is 961. The number of benzene rings is 2. The second-order valence-corrected chi connectivity index (χ2v) is 7.69. The maximum Gasteiger partial charge on any atom is 0.249 e. The van der Waals surface area contributed by atoms with E-state index in [9.17, 15) is 4.79 Å². The number of hydrogen-bond donors (Lipinski definition) is 0. The van der Waals surface area contributed by atoms with Crippen molar-refractivity contribution in [2.24, 2.45) is 0 Å². The van der Waals surface area contributed by atoms with Crippen molar-refractivity contribution in [3.63, 3.8) is 0 Å². The molecule has 0 radical (unpaired) electrons. The average Bonchev–Trinajstić information content (AvgIpc) is 3.22. The molecule has 0 fully saturated rings. The summed E-state index contributed by atoms with van der Waals surface area (Å²) in [4.78, 5) is 16.7. The fourth-order valence-electron chi connectivity index (χ4n) is 3.26. The van der Waals surface area contributed by atoms with Gasteiger partial charge in [0, 0.05) is 7.05 Å². The fourth-order valence-corrected chi connectivity index (χ4v) is 3.47. The van der Waals surface area contributed by atoms with Crippen LogP contribution in [0.25, 0.3) is 11.5 Å². The first-order valence-corrected chi connectivity index (χ1v) is 10.5. The van der Waals surface area contributed by atoms with Gasteiger partial charge in [0.05, 0.1) is 29.7 Å². The third kappa shape index (κ3) is 5.46. The highest BCUT2D eigenvalue weighted by molar-refractivity contribution is 6.33. The molecule has 0 bridgehead atoms. The Morgan fingerprint density at radius 1 is 1.10 bits per heavy atom. The van der Waals surface area contributed by atoms with Crippen LogP contribution in [0.2, 0.25) is 5.02 Å². The van der Waals surface area contributed by atoms with E-state index in [0.717, 1.165) is 18.5 Å². The number of nitrogens with zero attached hydrogens (tertiary/aromatic N) is 4. The second kappa shape index (κ2) is 10.4. The number of likely N-dealkylation sites (N-methyl/N-ethyl adjacent to an activating group) is 1. The third-order valence-corrected chi connectivity index (χ3v) is 5.41. The number of halogens is 1. The zero-order valence-corrected chi connectivity index (χ0v) is 18.3. The van der Waals surface area contributed by atoms with E-state index >= 15 is 0 Å². The SMILES string of the molecule is CCCN(CC(=O)N(C)C(C)c1ccccc1)Cc1nnc(-c2ccccc2Cl)o1. The number of hydrogen-bond acceptors (Lipinski definition) is 5. The molecule has 0 spiro atoms. The first-order chi connectivity index (χ1) is 14.5. The van der Waals surface area contributed by atoms with Crippen LogP contribution in [0.3, 0.4) is 0 Å². The van der Waals surface area contributed by atoms with Gasteiger partial charge in [-0.1, -0.05) is 61.0 Å². The van der Waals surface area contributed by atoms with Crippen LogP contribution < -0.4 is 0 Å². The maximum atomic E-state index is 12.9. The molecule has 1 amide bonds. The Hall–Kier alpha value is -2.70. The van der Waals surface area contributed by atoms with Gasteiger partial charge in [-0.15, -0.1) is 10.2 Å². The van der Waals surface area contributed by atoms with E-state index in [1.54, 1.807) is 11.0 Å². The average molecular weight is 427 g/mol. The molecule has 0 aliphatic heterocycles. The summed E-state index contributed by atoms with van der Waals surface area (Å²) in [7, 11) is 1.84. The van der Waals surface area contributed by atoms with Gasteiger partial charge in [-0.25, -0.2) is 0 Å². The van der Waals surface area contributed by atoms with Gasteiger partial charge in [0.15, 0.2) is 0 Å². The molecule has 1 heterocycles. The van der Waals surface area contributed by atoms with Gasteiger partial charge in [0.2, 0.25) is 17.7 Å². The molecule has 158 valence electrons. The molecule has 6 nitrogen and oxygen atoms in total. The summed E-state index contributed by atoms with van der Waals surface area (Å²) in [6.45, 7) is 5.56. The van der Waals surface area contributed by atoms with E-state index in [0.29, 0.717) is 28.9 Å². The van der Waals surface area contributed by atoms with Gasteiger partial charge in [-0.2, -0.15) is 0 Å². The van der Waals surface area contributed by atoms with Crippen LogP contribution in [0.4, 0.5) is 0 Å². The molecule has 3 aromatic rings. The Kier molecular flexibility index (Phi) is 7.60.